The van der Waals surface area contributed by atoms with Crippen LogP contribution in [0.4, 0.5) is 20.4 Å². The Hall–Kier alpha value is -4.24. The number of para-hydroxylation sites is 2. The second-order valence-electron chi connectivity index (χ2n) is 9.39. The van der Waals surface area contributed by atoms with Crippen LogP contribution in [0, 0.1) is 11.6 Å². The summed E-state index contributed by atoms with van der Waals surface area (Å²) in [5, 5.41) is 4.02. The molecule has 1 aromatic heterocycles. The molecule has 0 amide bonds. The van der Waals surface area contributed by atoms with Crippen LogP contribution < -0.4 is 10.7 Å². The molecule has 9 heteroatoms. The number of fused-ring (bicyclic) bond motifs is 2. The van der Waals surface area contributed by atoms with E-state index in [2.05, 4.69) is 15.3 Å². The van der Waals surface area contributed by atoms with Gasteiger partial charge < -0.3 is 14.6 Å². The van der Waals surface area contributed by atoms with E-state index in [0.29, 0.717) is 22.8 Å². The summed E-state index contributed by atoms with van der Waals surface area (Å²) in [7, 11) is 1.75. The third-order valence-corrected chi connectivity index (χ3v) is 6.97. The Labute approximate surface area is 218 Å². The lowest BCUT2D eigenvalue weighted by Gasteiger charge is -2.25. The third kappa shape index (κ3) is 4.72. The second kappa shape index (κ2) is 10.3. The molecule has 0 atom stereocenters. The van der Waals surface area contributed by atoms with Crippen molar-refractivity contribution in [3.8, 4) is 17.1 Å². The van der Waals surface area contributed by atoms with E-state index in [0.717, 1.165) is 54.0 Å². The number of methoxy groups -OCH3 is 1. The van der Waals surface area contributed by atoms with E-state index in [-0.39, 0.29) is 12.1 Å². The lowest BCUT2D eigenvalue weighted by atomic mass is 9.93. The van der Waals surface area contributed by atoms with Crippen molar-refractivity contribution >= 4 is 22.7 Å². The fourth-order valence-electron chi connectivity index (χ4n) is 5.04. The Bertz CT molecular complexity index is 1630. The Morgan fingerprint density at radius 2 is 1.71 bits per heavy atom. The first-order valence-electron chi connectivity index (χ1n) is 12.6. The van der Waals surface area contributed by atoms with Crippen molar-refractivity contribution in [2.24, 2.45) is 4.99 Å². The van der Waals surface area contributed by atoms with Gasteiger partial charge in [0.05, 0.1) is 45.6 Å². The van der Waals surface area contributed by atoms with Gasteiger partial charge in [-0.15, -0.1) is 0 Å². The summed E-state index contributed by atoms with van der Waals surface area (Å²) in [6, 6.07) is 17.2. The van der Waals surface area contributed by atoms with E-state index in [1.807, 2.05) is 41.0 Å². The Morgan fingerprint density at radius 3 is 2.47 bits per heavy atom. The maximum absolute atomic E-state index is 14.4. The van der Waals surface area contributed by atoms with Crippen LogP contribution in [0.25, 0.3) is 28.1 Å². The highest BCUT2D eigenvalue weighted by molar-refractivity contribution is 5.84. The van der Waals surface area contributed by atoms with Crippen LogP contribution in [0.2, 0.25) is 0 Å². The summed E-state index contributed by atoms with van der Waals surface area (Å²) >= 11 is 0. The largest absolute Gasteiger partial charge is 0.381 e. The van der Waals surface area contributed by atoms with Crippen LogP contribution in [0.3, 0.4) is 0 Å². The highest BCUT2D eigenvalue weighted by Crippen LogP contribution is 2.31. The molecular weight excluding hydrogens is 486 g/mol. The van der Waals surface area contributed by atoms with Crippen molar-refractivity contribution in [1.29, 1.82) is 0 Å². The van der Waals surface area contributed by atoms with Gasteiger partial charge in [-0.25, -0.2) is 23.7 Å². The van der Waals surface area contributed by atoms with Crippen LogP contribution in [0.5, 0.6) is 0 Å². The zero-order valence-corrected chi connectivity index (χ0v) is 20.8. The predicted octanol–water partition coefficient (Wildman–Crippen LogP) is 5.80. The van der Waals surface area contributed by atoms with Crippen LogP contribution in [-0.4, -0.2) is 38.8 Å². The molecule has 1 aliphatic heterocycles. The topological polar surface area (TPSA) is 77.2 Å². The molecule has 1 N–H and O–H groups in total. The second-order valence-corrected chi connectivity index (χ2v) is 9.39. The molecule has 3 aliphatic rings. The first-order chi connectivity index (χ1) is 18.6. The quantitative estimate of drug-likeness (QED) is 0.301. The van der Waals surface area contributed by atoms with Crippen LogP contribution in [0.15, 0.2) is 78.0 Å². The first-order valence-corrected chi connectivity index (χ1v) is 12.6. The molecule has 0 spiro atoms. The van der Waals surface area contributed by atoms with Crippen molar-refractivity contribution in [3.05, 3.63) is 90.0 Å². The van der Waals surface area contributed by atoms with Crippen molar-refractivity contribution in [1.82, 2.24) is 19.5 Å². The summed E-state index contributed by atoms with van der Waals surface area (Å²) in [6.45, 7) is 0. The lowest BCUT2D eigenvalue weighted by Crippen LogP contribution is -2.25. The molecular formula is C29H26F2N6O. The van der Waals surface area contributed by atoms with E-state index >= 15 is 0 Å². The third-order valence-electron chi connectivity index (χ3n) is 6.97. The fraction of sp³-hybridized carbons (Fsp3) is 0.241. The van der Waals surface area contributed by atoms with Crippen LogP contribution >= 0.6 is 0 Å². The number of nitrogens with one attached hydrogen (secondary N) is 1. The predicted molar refractivity (Wildman–Crippen MR) is 142 cm³/mol. The van der Waals surface area contributed by atoms with E-state index < -0.39 is 11.6 Å². The molecule has 1 fully saturated rings. The number of halogens is 2. The molecule has 7 nitrogen and oxygen atoms in total. The first kappa shape index (κ1) is 24.1. The number of hydrogen-bond donors (Lipinski definition) is 1. The smallest absolute Gasteiger partial charge is 0.227 e. The molecule has 0 unspecified atom stereocenters. The summed E-state index contributed by atoms with van der Waals surface area (Å²) < 4.78 is 35.6. The fourth-order valence-corrected chi connectivity index (χ4v) is 5.04. The maximum Gasteiger partial charge on any atom is 0.227 e. The molecule has 2 aliphatic carbocycles. The number of benzene rings is 3. The average Bonchev–Trinajstić information content (AvgIpc) is 2.95. The molecule has 3 aromatic rings. The Kier molecular flexibility index (Phi) is 6.51. The SMILES string of the molecule is COC1CCC(N=c2cc3n(-c4ccc(F)c(F)c4)c4ccccc4nc-3cc2Nc2ncccn2)CC1. The Morgan fingerprint density at radius 1 is 0.921 bits per heavy atom. The van der Waals surface area contributed by atoms with Gasteiger partial charge in [0.2, 0.25) is 5.95 Å². The van der Waals surface area contributed by atoms with Crippen molar-refractivity contribution in [2.75, 3.05) is 12.4 Å². The van der Waals surface area contributed by atoms with Crippen LogP contribution in [-0.2, 0) is 4.74 Å². The van der Waals surface area contributed by atoms with E-state index in [1.165, 1.54) is 6.07 Å². The highest BCUT2D eigenvalue weighted by atomic mass is 19.2. The van der Waals surface area contributed by atoms with Gasteiger partial charge in [-0.1, -0.05) is 12.1 Å². The molecule has 0 saturated heterocycles. The van der Waals surface area contributed by atoms with Gasteiger partial charge in [0.1, 0.15) is 0 Å². The van der Waals surface area contributed by atoms with Crippen molar-refractivity contribution in [3.63, 3.8) is 0 Å². The van der Waals surface area contributed by atoms with Gasteiger partial charge in [-0.3, -0.25) is 4.99 Å². The standard InChI is InChI=1S/C29H26F2N6O/c1-38-20-10-7-18(8-11-20)34-25-17-28-26(16-24(25)36-29-32-13-4-14-33-29)35-23-5-2-3-6-27(23)37(28)19-9-12-21(30)22(31)15-19/h2-6,9,12-18,20H,7-8,10-11H2,1H3,(H,32,33,36). The van der Waals surface area contributed by atoms with E-state index in [4.69, 9.17) is 14.7 Å². The molecule has 38 heavy (non-hydrogen) atoms. The van der Waals surface area contributed by atoms with Gasteiger partial charge in [0, 0.05) is 31.3 Å². The minimum Gasteiger partial charge on any atom is -0.381 e. The summed E-state index contributed by atoms with van der Waals surface area (Å²) in [5.41, 5.74) is 4.08. The molecule has 2 heterocycles. The summed E-state index contributed by atoms with van der Waals surface area (Å²) in [6.07, 6.45) is 7.32. The molecule has 1 saturated carbocycles. The summed E-state index contributed by atoms with van der Waals surface area (Å²) in [4.78, 5) is 18.6. The number of anilines is 2. The normalized spacial score (nSPS) is 18.2. The van der Waals surface area contributed by atoms with Gasteiger partial charge in [0.25, 0.3) is 0 Å². The van der Waals surface area contributed by atoms with Gasteiger partial charge >= 0.3 is 0 Å². The molecule has 0 radical (unpaired) electrons. The molecule has 6 rings (SSSR count). The zero-order valence-electron chi connectivity index (χ0n) is 20.8. The highest BCUT2D eigenvalue weighted by Gasteiger charge is 2.22. The molecule has 0 bridgehead atoms. The maximum atomic E-state index is 14.4. The number of nitrogens with zero attached hydrogens (tertiary/aromatic N) is 5. The summed E-state index contributed by atoms with van der Waals surface area (Å²) in [5.74, 6) is -1.36. The number of ether oxygens (including phenoxy) is 1. The van der Waals surface area contributed by atoms with Gasteiger partial charge in [0.15, 0.2) is 11.6 Å². The van der Waals surface area contributed by atoms with Gasteiger partial charge in [-0.05, 0) is 68.1 Å². The number of hydrogen-bond acceptors (Lipinski definition) is 6. The average molecular weight is 513 g/mol. The lowest BCUT2D eigenvalue weighted by molar-refractivity contribution is 0.0663. The van der Waals surface area contributed by atoms with E-state index in [1.54, 1.807) is 31.6 Å². The van der Waals surface area contributed by atoms with Crippen molar-refractivity contribution < 1.29 is 13.5 Å². The van der Waals surface area contributed by atoms with Gasteiger partial charge in [-0.2, -0.15) is 0 Å². The molecule has 2 aromatic carbocycles. The minimum absolute atomic E-state index is 0.126. The Balaban J connectivity index is 1.59. The van der Waals surface area contributed by atoms with Crippen molar-refractivity contribution in [2.45, 2.75) is 37.8 Å². The van der Waals surface area contributed by atoms with Crippen LogP contribution in [0.1, 0.15) is 25.7 Å². The monoisotopic (exact) mass is 512 g/mol. The van der Waals surface area contributed by atoms with E-state index in [9.17, 15) is 8.78 Å². The number of rotatable bonds is 5. The minimum atomic E-state index is -0.914. The number of aromatic nitrogens is 4. The zero-order chi connectivity index (χ0) is 26.1. The molecule has 192 valence electrons.